The number of benzene rings is 2. The molecule has 8 nitrogen and oxygen atoms in total. The van der Waals surface area contributed by atoms with Crippen LogP contribution in [0.15, 0.2) is 48.5 Å². The van der Waals surface area contributed by atoms with Crippen LogP contribution in [-0.4, -0.2) is 46.0 Å². The summed E-state index contributed by atoms with van der Waals surface area (Å²) in [5, 5.41) is 5.27. The number of carbonyl (C=O) groups is 2. The smallest absolute Gasteiger partial charge is 0.411 e. The van der Waals surface area contributed by atoms with Gasteiger partial charge in [-0.05, 0) is 42.5 Å². The Kier molecular flexibility index (Phi) is 7.92. The van der Waals surface area contributed by atoms with Gasteiger partial charge >= 0.3 is 6.09 Å². The van der Waals surface area contributed by atoms with Crippen molar-refractivity contribution in [3.8, 4) is 11.5 Å². The minimum absolute atomic E-state index is 0.150. The topological polar surface area (TPSA) is 95.1 Å². The summed E-state index contributed by atoms with van der Waals surface area (Å²) in [6.45, 7) is 0.322. The zero-order valence-electron chi connectivity index (χ0n) is 15.2. The van der Waals surface area contributed by atoms with Gasteiger partial charge in [0.25, 0.3) is 5.91 Å². The molecule has 2 N–H and O–H groups in total. The molecule has 0 spiro atoms. The van der Waals surface area contributed by atoms with E-state index >= 15 is 0 Å². The lowest BCUT2D eigenvalue weighted by Crippen LogP contribution is -2.20. The number of rotatable bonds is 9. The van der Waals surface area contributed by atoms with Crippen molar-refractivity contribution in [2.45, 2.75) is 0 Å². The molecule has 0 aromatic heterocycles. The quantitative estimate of drug-likeness (QED) is 0.656. The minimum Gasteiger partial charge on any atom is -0.497 e. The summed E-state index contributed by atoms with van der Waals surface area (Å²) in [5.41, 5.74) is 1.01. The SMILES string of the molecule is COCCOC(=O)Nc1cccc(NC(=O)COc2ccc(OC)cc2)c1. The van der Waals surface area contributed by atoms with E-state index in [1.807, 2.05) is 0 Å². The van der Waals surface area contributed by atoms with Gasteiger partial charge < -0.3 is 24.3 Å². The van der Waals surface area contributed by atoms with E-state index in [1.165, 1.54) is 7.11 Å². The van der Waals surface area contributed by atoms with Gasteiger partial charge in [-0.2, -0.15) is 0 Å². The minimum atomic E-state index is -0.599. The summed E-state index contributed by atoms with van der Waals surface area (Å²) in [4.78, 5) is 23.7. The highest BCUT2D eigenvalue weighted by molar-refractivity contribution is 5.93. The highest BCUT2D eigenvalue weighted by Crippen LogP contribution is 2.18. The maximum absolute atomic E-state index is 12.0. The van der Waals surface area contributed by atoms with Gasteiger partial charge in [0.05, 0.1) is 13.7 Å². The number of carbonyl (C=O) groups excluding carboxylic acids is 2. The van der Waals surface area contributed by atoms with E-state index in [4.69, 9.17) is 18.9 Å². The van der Waals surface area contributed by atoms with E-state index in [9.17, 15) is 9.59 Å². The second-order valence-electron chi connectivity index (χ2n) is 5.35. The molecule has 0 radical (unpaired) electrons. The monoisotopic (exact) mass is 374 g/mol. The van der Waals surface area contributed by atoms with Crippen LogP contribution in [0.2, 0.25) is 0 Å². The number of hydrogen-bond donors (Lipinski definition) is 2. The summed E-state index contributed by atoms with van der Waals surface area (Å²) < 4.78 is 20.2. The van der Waals surface area contributed by atoms with Gasteiger partial charge in [-0.15, -0.1) is 0 Å². The van der Waals surface area contributed by atoms with Crippen LogP contribution in [0.4, 0.5) is 16.2 Å². The predicted octanol–water partition coefficient (Wildman–Crippen LogP) is 2.91. The average Bonchev–Trinajstić information content (AvgIpc) is 2.67. The molecule has 0 saturated carbocycles. The van der Waals surface area contributed by atoms with Crippen LogP contribution in [0.1, 0.15) is 0 Å². The van der Waals surface area contributed by atoms with Crippen LogP contribution in [0, 0.1) is 0 Å². The zero-order valence-corrected chi connectivity index (χ0v) is 15.2. The fourth-order valence-corrected chi connectivity index (χ4v) is 2.06. The van der Waals surface area contributed by atoms with Crippen LogP contribution in [0.5, 0.6) is 11.5 Å². The first kappa shape index (κ1) is 20.1. The molecule has 2 aromatic carbocycles. The van der Waals surface area contributed by atoms with Gasteiger partial charge in [0.1, 0.15) is 18.1 Å². The molecule has 0 aliphatic carbocycles. The third-order valence-corrected chi connectivity index (χ3v) is 3.34. The van der Waals surface area contributed by atoms with E-state index in [1.54, 1.807) is 55.6 Å². The molecular formula is C19H22N2O6. The summed E-state index contributed by atoms with van der Waals surface area (Å²) in [5.74, 6) is 0.933. The molecule has 2 aromatic rings. The van der Waals surface area contributed by atoms with Gasteiger partial charge in [0.15, 0.2) is 6.61 Å². The molecule has 0 unspecified atom stereocenters. The lowest BCUT2D eigenvalue weighted by Gasteiger charge is -2.10. The number of amides is 2. The first-order valence-corrected chi connectivity index (χ1v) is 8.20. The molecule has 27 heavy (non-hydrogen) atoms. The molecule has 0 aliphatic heterocycles. The Morgan fingerprint density at radius 2 is 1.56 bits per heavy atom. The third-order valence-electron chi connectivity index (χ3n) is 3.34. The molecule has 0 fully saturated rings. The number of nitrogens with one attached hydrogen (secondary N) is 2. The third kappa shape index (κ3) is 7.25. The Morgan fingerprint density at radius 1 is 0.889 bits per heavy atom. The number of methoxy groups -OCH3 is 2. The Balaban J connectivity index is 1.81. The Labute approximate surface area is 157 Å². The van der Waals surface area contributed by atoms with Gasteiger partial charge in [-0.1, -0.05) is 6.07 Å². The van der Waals surface area contributed by atoms with Gasteiger partial charge in [0.2, 0.25) is 0 Å². The lowest BCUT2D eigenvalue weighted by molar-refractivity contribution is -0.118. The zero-order chi connectivity index (χ0) is 19.5. The second-order valence-corrected chi connectivity index (χ2v) is 5.35. The highest BCUT2D eigenvalue weighted by Gasteiger charge is 2.07. The predicted molar refractivity (Wildman–Crippen MR) is 100 cm³/mol. The summed E-state index contributed by atoms with van der Waals surface area (Å²) in [6.07, 6.45) is -0.599. The second kappa shape index (κ2) is 10.7. The van der Waals surface area contributed by atoms with Crippen molar-refractivity contribution >= 4 is 23.4 Å². The maximum Gasteiger partial charge on any atom is 0.411 e. The van der Waals surface area contributed by atoms with Crippen LogP contribution in [-0.2, 0) is 14.3 Å². The normalized spacial score (nSPS) is 10.0. The van der Waals surface area contributed by atoms with Crippen molar-refractivity contribution in [3.63, 3.8) is 0 Å². The summed E-state index contributed by atoms with van der Waals surface area (Å²) >= 11 is 0. The number of anilines is 2. The Bertz CT molecular complexity index is 748. The van der Waals surface area contributed by atoms with Crippen molar-refractivity contribution in [1.29, 1.82) is 0 Å². The van der Waals surface area contributed by atoms with Gasteiger partial charge in [0, 0.05) is 18.5 Å². The van der Waals surface area contributed by atoms with E-state index in [0.29, 0.717) is 29.5 Å². The maximum atomic E-state index is 12.0. The first-order valence-electron chi connectivity index (χ1n) is 8.20. The molecule has 2 rings (SSSR count). The molecule has 0 bridgehead atoms. The van der Waals surface area contributed by atoms with Crippen molar-refractivity contribution < 1.29 is 28.5 Å². The first-order chi connectivity index (χ1) is 13.1. The molecule has 144 valence electrons. The van der Waals surface area contributed by atoms with Crippen molar-refractivity contribution in [2.75, 3.05) is 44.7 Å². The Morgan fingerprint density at radius 3 is 2.22 bits per heavy atom. The Hall–Kier alpha value is -3.26. The number of hydrogen-bond acceptors (Lipinski definition) is 6. The fraction of sp³-hybridized carbons (Fsp3) is 0.263. The average molecular weight is 374 g/mol. The summed E-state index contributed by atoms with van der Waals surface area (Å²) in [6, 6.07) is 13.6. The van der Waals surface area contributed by atoms with Gasteiger partial charge in [-0.3, -0.25) is 10.1 Å². The molecular weight excluding hydrogens is 352 g/mol. The fourth-order valence-electron chi connectivity index (χ4n) is 2.06. The molecule has 0 atom stereocenters. The van der Waals surface area contributed by atoms with Crippen LogP contribution in [0.3, 0.4) is 0 Å². The van der Waals surface area contributed by atoms with Gasteiger partial charge in [-0.25, -0.2) is 4.79 Å². The van der Waals surface area contributed by atoms with E-state index in [2.05, 4.69) is 10.6 Å². The van der Waals surface area contributed by atoms with Crippen LogP contribution < -0.4 is 20.1 Å². The van der Waals surface area contributed by atoms with Crippen molar-refractivity contribution in [2.24, 2.45) is 0 Å². The molecule has 0 saturated heterocycles. The molecule has 0 aliphatic rings. The molecule has 8 heteroatoms. The summed E-state index contributed by atoms with van der Waals surface area (Å²) in [7, 11) is 3.09. The van der Waals surface area contributed by atoms with Crippen LogP contribution in [0.25, 0.3) is 0 Å². The van der Waals surface area contributed by atoms with E-state index in [-0.39, 0.29) is 19.1 Å². The van der Waals surface area contributed by atoms with E-state index < -0.39 is 6.09 Å². The lowest BCUT2D eigenvalue weighted by atomic mass is 10.2. The van der Waals surface area contributed by atoms with Crippen molar-refractivity contribution in [3.05, 3.63) is 48.5 Å². The highest BCUT2D eigenvalue weighted by atomic mass is 16.6. The van der Waals surface area contributed by atoms with Crippen molar-refractivity contribution in [1.82, 2.24) is 0 Å². The number of ether oxygens (including phenoxy) is 4. The standard InChI is InChI=1S/C19H22N2O6/c1-24-10-11-26-19(23)21-15-5-3-4-14(12-15)20-18(22)13-27-17-8-6-16(25-2)7-9-17/h3-9,12H,10-11,13H2,1-2H3,(H,20,22)(H,21,23). The van der Waals surface area contributed by atoms with Crippen LogP contribution >= 0.6 is 0 Å². The molecule has 2 amide bonds. The van der Waals surface area contributed by atoms with E-state index in [0.717, 1.165) is 0 Å². The molecule has 0 heterocycles. The largest absolute Gasteiger partial charge is 0.497 e.